The van der Waals surface area contributed by atoms with Crippen LogP contribution in [0, 0.1) is 12.7 Å². The fourth-order valence-corrected chi connectivity index (χ4v) is 5.07. The van der Waals surface area contributed by atoms with Gasteiger partial charge in [-0.15, -0.1) is 0 Å². The highest BCUT2D eigenvalue weighted by Crippen LogP contribution is 2.30. The van der Waals surface area contributed by atoms with Crippen molar-refractivity contribution in [3.05, 3.63) is 81.8 Å². The van der Waals surface area contributed by atoms with E-state index >= 15 is 0 Å². The molecule has 1 amide bonds. The molecule has 4 aromatic rings. The lowest BCUT2D eigenvalue weighted by Gasteiger charge is -2.35. The van der Waals surface area contributed by atoms with Crippen LogP contribution >= 0.6 is 23.2 Å². The molecule has 0 saturated carbocycles. The molecule has 9 heteroatoms. The van der Waals surface area contributed by atoms with Crippen LogP contribution in [-0.4, -0.2) is 56.7 Å². The number of hydrogen-bond acceptors (Lipinski definition) is 4. The van der Waals surface area contributed by atoms with E-state index in [9.17, 15) is 9.18 Å². The van der Waals surface area contributed by atoms with Crippen LogP contribution < -0.4 is 0 Å². The summed E-state index contributed by atoms with van der Waals surface area (Å²) in [6.45, 7) is 5.37. The third-order valence-electron chi connectivity index (χ3n) is 6.42. The Balaban J connectivity index is 1.28. The first-order chi connectivity index (χ1) is 16.9. The number of halogens is 3. The largest absolute Gasteiger partial charge is 0.339 e. The van der Waals surface area contributed by atoms with E-state index in [4.69, 9.17) is 23.2 Å². The second-order valence-electron chi connectivity index (χ2n) is 8.66. The van der Waals surface area contributed by atoms with Gasteiger partial charge in [0, 0.05) is 59.9 Å². The predicted octanol–water partition coefficient (Wildman–Crippen LogP) is 5.20. The summed E-state index contributed by atoms with van der Waals surface area (Å²) in [4.78, 5) is 21.7. The van der Waals surface area contributed by atoms with E-state index in [1.807, 2.05) is 36.1 Å². The molecule has 2 aromatic carbocycles. The van der Waals surface area contributed by atoms with Gasteiger partial charge in [-0.05, 0) is 48.4 Å². The SMILES string of the molecule is Cc1nn(CC(=O)N2CCN(Cc3c(Cl)cccc3Cl)CC2)c2nccc(-c3ccc(F)cc3)c12. The Hall–Kier alpha value is -3.00. The highest BCUT2D eigenvalue weighted by atomic mass is 35.5. The smallest absolute Gasteiger partial charge is 0.244 e. The van der Waals surface area contributed by atoms with E-state index in [0.717, 1.165) is 40.9 Å². The average Bonchev–Trinajstić information content (AvgIpc) is 3.17. The van der Waals surface area contributed by atoms with Gasteiger partial charge in [-0.25, -0.2) is 14.1 Å². The first-order valence-corrected chi connectivity index (χ1v) is 12.2. The highest BCUT2D eigenvalue weighted by Gasteiger charge is 2.24. The fraction of sp³-hybridized carbons (Fsp3) is 0.269. The molecule has 35 heavy (non-hydrogen) atoms. The number of nitrogens with zero attached hydrogens (tertiary/aromatic N) is 5. The van der Waals surface area contributed by atoms with Crippen molar-refractivity contribution in [2.75, 3.05) is 26.2 Å². The molecule has 0 atom stereocenters. The molecule has 0 N–H and O–H groups in total. The van der Waals surface area contributed by atoms with Crippen LogP contribution in [0.15, 0.2) is 54.7 Å². The Morgan fingerprint density at radius 3 is 2.37 bits per heavy atom. The molecule has 3 heterocycles. The zero-order valence-corrected chi connectivity index (χ0v) is 20.7. The molecular weight excluding hydrogens is 488 g/mol. The van der Waals surface area contributed by atoms with Crippen LogP contribution in [0.4, 0.5) is 4.39 Å². The van der Waals surface area contributed by atoms with E-state index in [2.05, 4.69) is 15.0 Å². The summed E-state index contributed by atoms with van der Waals surface area (Å²) in [6, 6.07) is 13.8. The van der Waals surface area contributed by atoms with Gasteiger partial charge in [0.2, 0.25) is 5.91 Å². The molecule has 0 spiro atoms. The van der Waals surface area contributed by atoms with E-state index in [1.54, 1.807) is 23.0 Å². The second kappa shape index (κ2) is 9.93. The van der Waals surface area contributed by atoms with Crippen molar-refractivity contribution in [1.29, 1.82) is 0 Å². The molecular formula is C26H24Cl2FN5O. The third-order valence-corrected chi connectivity index (χ3v) is 7.12. The van der Waals surface area contributed by atoms with Crippen molar-refractivity contribution in [2.45, 2.75) is 20.0 Å². The topological polar surface area (TPSA) is 54.3 Å². The molecule has 0 unspecified atom stereocenters. The van der Waals surface area contributed by atoms with Gasteiger partial charge < -0.3 is 4.90 Å². The molecule has 1 aliphatic heterocycles. The average molecular weight is 512 g/mol. The van der Waals surface area contributed by atoms with Crippen LogP contribution in [0.25, 0.3) is 22.2 Å². The first-order valence-electron chi connectivity index (χ1n) is 11.4. The summed E-state index contributed by atoms with van der Waals surface area (Å²) >= 11 is 12.6. The predicted molar refractivity (Wildman–Crippen MR) is 136 cm³/mol. The monoisotopic (exact) mass is 511 g/mol. The third kappa shape index (κ3) is 4.89. The van der Waals surface area contributed by atoms with Crippen molar-refractivity contribution in [1.82, 2.24) is 24.6 Å². The number of aryl methyl sites for hydroxylation is 1. The standard InChI is InChI=1S/C26H24Cl2FN5O/c1-17-25-20(18-5-7-19(29)8-6-18)9-10-30-26(25)34(31-17)16-24(35)33-13-11-32(12-14-33)15-21-22(27)3-2-4-23(21)28/h2-10H,11-16H2,1H3. The lowest BCUT2D eigenvalue weighted by Crippen LogP contribution is -2.49. The van der Waals surface area contributed by atoms with E-state index in [0.29, 0.717) is 35.3 Å². The highest BCUT2D eigenvalue weighted by molar-refractivity contribution is 6.35. The minimum absolute atomic E-state index is 0.00110. The number of pyridine rings is 1. The zero-order valence-electron chi connectivity index (χ0n) is 19.2. The maximum absolute atomic E-state index is 13.4. The number of amides is 1. The number of carbonyl (C=O) groups excluding carboxylic acids is 1. The van der Waals surface area contributed by atoms with E-state index in [-0.39, 0.29) is 18.3 Å². The van der Waals surface area contributed by atoms with Gasteiger partial charge in [0.15, 0.2) is 5.65 Å². The summed E-state index contributed by atoms with van der Waals surface area (Å²) in [7, 11) is 0. The number of fused-ring (bicyclic) bond motifs is 1. The Morgan fingerprint density at radius 2 is 1.69 bits per heavy atom. The molecule has 2 aromatic heterocycles. The normalized spacial score (nSPS) is 14.6. The van der Waals surface area contributed by atoms with Crippen LogP contribution in [0.5, 0.6) is 0 Å². The molecule has 0 radical (unpaired) electrons. The van der Waals surface area contributed by atoms with Gasteiger partial charge in [-0.1, -0.05) is 41.4 Å². The lowest BCUT2D eigenvalue weighted by molar-refractivity contribution is -0.133. The van der Waals surface area contributed by atoms with Crippen LogP contribution in [0.1, 0.15) is 11.3 Å². The summed E-state index contributed by atoms with van der Waals surface area (Å²) in [5.41, 5.74) is 4.13. The minimum atomic E-state index is -0.285. The quantitative estimate of drug-likeness (QED) is 0.369. The van der Waals surface area contributed by atoms with Gasteiger partial charge in [-0.2, -0.15) is 5.10 Å². The Morgan fingerprint density at radius 1 is 1.00 bits per heavy atom. The molecule has 1 fully saturated rings. The summed E-state index contributed by atoms with van der Waals surface area (Å²) in [6.07, 6.45) is 1.70. The van der Waals surface area contributed by atoms with Crippen molar-refractivity contribution in [2.24, 2.45) is 0 Å². The fourth-order valence-electron chi connectivity index (χ4n) is 4.55. The van der Waals surface area contributed by atoms with Gasteiger partial charge in [0.25, 0.3) is 0 Å². The zero-order chi connectivity index (χ0) is 24.5. The maximum atomic E-state index is 13.4. The number of aromatic nitrogens is 3. The first kappa shape index (κ1) is 23.7. The Labute approximate surface area is 212 Å². The van der Waals surface area contributed by atoms with Gasteiger partial charge in [0.05, 0.1) is 5.69 Å². The van der Waals surface area contributed by atoms with Crippen molar-refractivity contribution in [3.8, 4) is 11.1 Å². The summed E-state index contributed by atoms with van der Waals surface area (Å²) < 4.78 is 15.1. The van der Waals surface area contributed by atoms with Crippen LogP contribution in [0.2, 0.25) is 10.0 Å². The number of rotatable bonds is 5. The Kier molecular flexibility index (Phi) is 6.73. The number of carbonyl (C=O) groups is 1. The molecule has 0 bridgehead atoms. The molecule has 0 aliphatic carbocycles. The van der Waals surface area contributed by atoms with E-state index < -0.39 is 0 Å². The summed E-state index contributed by atoms with van der Waals surface area (Å²) in [5.74, 6) is -0.286. The Bertz CT molecular complexity index is 1360. The molecule has 5 rings (SSSR count). The minimum Gasteiger partial charge on any atom is -0.339 e. The maximum Gasteiger partial charge on any atom is 0.244 e. The van der Waals surface area contributed by atoms with Crippen molar-refractivity contribution < 1.29 is 9.18 Å². The van der Waals surface area contributed by atoms with Crippen molar-refractivity contribution in [3.63, 3.8) is 0 Å². The number of piperazine rings is 1. The van der Waals surface area contributed by atoms with Crippen molar-refractivity contribution >= 4 is 40.1 Å². The molecule has 1 saturated heterocycles. The molecule has 180 valence electrons. The number of benzene rings is 2. The molecule has 1 aliphatic rings. The summed E-state index contributed by atoms with van der Waals surface area (Å²) in [5, 5.41) is 6.79. The van der Waals surface area contributed by atoms with Gasteiger partial charge in [0.1, 0.15) is 12.4 Å². The lowest BCUT2D eigenvalue weighted by atomic mass is 10.0. The van der Waals surface area contributed by atoms with Crippen LogP contribution in [-0.2, 0) is 17.9 Å². The molecule has 6 nitrogen and oxygen atoms in total. The van der Waals surface area contributed by atoms with Gasteiger partial charge >= 0.3 is 0 Å². The van der Waals surface area contributed by atoms with Crippen LogP contribution in [0.3, 0.4) is 0 Å². The second-order valence-corrected chi connectivity index (χ2v) is 9.48. The number of hydrogen-bond donors (Lipinski definition) is 0. The van der Waals surface area contributed by atoms with E-state index in [1.165, 1.54) is 12.1 Å². The van der Waals surface area contributed by atoms with Gasteiger partial charge in [-0.3, -0.25) is 9.69 Å².